The number of amides is 1. The van der Waals surface area contributed by atoms with E-state index in [1.165, 1.54) is 7.11 Å². The summed E-state index contributed by atoms with van der Waals surface area (Å²) in [4.78, 5) is 14.9. The highest BCUT2D eigenvalue weighted by Crippen LogP contribution is 2.38. The Morgan fingerprint density at radius 3 is 2.71 bits per heavy atom. The Labute approximate surface area is 172 Å². The molecular formula is C16H19F3N6O6. The van der Waals surface area contributed by atoms with Gasteiger partial charge >= 0.3 is 12.1 Å². The predicted molar refractivity (Wildman–Crippen MR) is 96.2 cm³/mol. The van der Waals surface area contributed by atoms with Crippen LogP contribution in [0.2, 0.25) is 0 Å². The number of alkyl halides is 3. The first-order chi connectivity index (χ1) is 14.6. The fraction of sp³-hybridized carbons (Fsp3) is 0.562. The molecule has 1 unspecified atom stereocenters. The molecule has 0 saturated carbocycles. The summed E-state index contributed by atoms with van der Waals surface area (Å²) in [6.45, 7) is -1.19. The van der Waals surface area contributed by atoms with E-state index in [4.69, 9.17) is 15.2 Å². The number of aromatic nitrogens is 2. The summed E-state index contributed by atoms with van der Waals surface area (Å²) in [7, 11) is 1.32. The molecule has 12 nitrogen and oxygen atoms in total. The number of aliphatic imine (C=N–C) groups is 1. The number of rotatable bonds is 4. The molecule has 31 heavy (non-hydrogen) atoms. The zero-order chi connectivity index (χ0) is 22.9. The molecule has 15 heteroatoms. The Hall–Kier alpha value is -2.90. The van der Waals surface area contributed by atoms with Crippen molar-refractivity contribution in [2.75, 3.05) is 25.6 Å². The van der Waals surface area contributed by atoms with E-state index in [0.717, 1.165) is 4.68 Å². The number of carbonyl (C=O) groups excluding carboxylic acids is 1. The van der Waals surface area contributed by atoms with Crippen LogP contribution in [0.4, 0.5) is 19.0 Å². The summed E-state index contributed by atoms with van der Waals surface area (Å²) in [6, 6.07) is 0. The smallest absolute Gasteiger partial charge is 0.394 e. The summed E-state index contributed by atoms with van der Waals surface area (Å²) >= 11 is 0. The topological polar surface area (TPSA) is 176 Å². The molecular weight excluding hydrogens is 429 g/mol. The van der Waals surface area contributed by atoms with Crippen molar-refractivity contribution in [3.05, 3.63) is 11.3 Å². The summed E-state index contributed by atoms with van der Waals surface area (Å²) in [5.41, 5.74) is 5.97. The number of methoxy groups -OCH3 is 1. The minimum atomic E-state index is -5.04. The van der Waals surface area contributed by atoms with Crippen LogP contribution in [-0.4, -0.2) is 81.7 Å². The van der Waals surface area contributed by atoms with Gasteiger partial charge in [0, 0.05) is 7.11 Å². The Balaban J connectivity index is 1.94. The first-order valence-electron chi connectivity index (χ1n) is 8.80. The zero-order valence-electron chi connectivity index (χ0n) is 15.9. The quantitative estimate of drug-likeness (QED) is 0.282. The van der Waals surface area contributed by atoms with Crippen molar-refractivity contribution >= 4 is 17.7 Å². The van der Waals surface area contributed by atoms with Crippen molar-refractivity contribution in [1.82, 2.24) is 15.1 Å². The number of aliphatic hydroxyl groups excluding tert-OH is 3. The highest BCUT2D eigenvalue weighted by molar-refractivity contribution is 5.94. The fourth-order valence-electron chi connectivity index (χ4n) is 3.03. The SMILES string of the molecule is COC1N=C(N)Nc2c1c(C#CCNC(=O)C(F)(F)F)nn2[C@@H]1O[C@H](CO)[C@@H](O)[C@H]1O. The lowest BCUT2D eigenvalue weighted by molar-refractivity contribution is -0.173. The Morgan fingerprint density at radius 1 is 1.42 bits per heavy atom. The Morgan fingerprint density at radius 2 is 2.13 bits per heavy atom. The predicted octanol–water partition coefficient (Wildman–Crippen LogP) is -2.09. The largest absolute Gasteiger partial charge is 0.471 e. The van der Waals surface area contributed by atoms with Crippen LogP contribution in [0.25, 0.3) is 0 Å². The van der Waals surface area contributed by atoms with Crippen molar-refractivity contribution in [3.63, 3.8) is 0 Å². The highest BCUT2D eigenvalue weighted by atomic mass is 19.4. The molecule has 0 aliphatic carbocycles. The second-order valence-corrected chi connectivity index (χ2v) is 6.49. The molecule has 0 radical (unpaired) electrons. The van der Waals surface area contributed by atoms with Gasteiger partial charge in [-0.05, 0) is 5.92 Å². The zero-order valence-corrected chi connectivity index (χ0v) is 15.9. The van der Waals surface area contributed by atoms with Gasteiger partial charge in [0.25, 0.3) is 0 Å². The van der Waals surface area contributed by atoms with Crippen LogP contribution in [0.15, 0.2) is 4.99 Å². The number of anilines is 1. The molecule has 0 bridgehead atoms. The number of fused-ring (bicyclic) bond motifs is 1. The lowest BCUT2D eigenvalue weighted by Gasteiger charge is -2.23. The van der Waals surface area contributed by atoms with Gasteiger partial charge in [-0.3, -0.25) is 4.79 Å². The monoisotopic (exact) mass is 448 g/mol. The molecule has 2 aliphatic rings. The van der Waals surface area contributed by atoms with Crippen molar-refractivity contribution in [2.24, 2.45) is 10.7 Å². The number of hydrogen-bond donors (Lipinski definition) is 6. The van der Waals surface area contributed by atoms with Crippen LogP contribution >= 0.6 is 0 Å². The van der Waals surface area contributed by atoms with Crippen LogP contribution in [-0.2, 0) is 14.3 Å². The van der Waals surface area contributed by atoms with Crippen LogP contribution < -0.4 is 16.4 Å². The van der Waals surface area contributed by atoms with Gasteiger partial charge in [-0.15, -0.1) is 0 Å². The highest BCUT2D eigenvalue weighted by Gasteiger charge is 2.46. The third-order valence-electron chi connectivity index (χ3n) is 4.48. The molecule has 1 fully saturated rings. The van der Waals surface area contributed by atoms with Gasteiger partial charge in [0.2, 0.25) is 0 Å². The number of aliphatic hydroxyl groups is 3. The van der Waals surface area contributed by atoms with Crippen molar-refractivity contribution in [2.45, 2.75) is 36.9 Å². The van der Waals surface area contributed by atoms with E-state index in [1.54, 1.807) is 5.32 Å². The van der Waals surface area contributed by atoms with E-state index >= 15 is 0 Å². The maximum absolute atomic E-state index is 12.3. The van der Waals surface area contributed by atoms with Crippen LogP contribution in [0.3, 0.4) is 0 Å². The van der Waals surface area contributed by atoms with E-state index in [2.05, 4.69) is 27.2 Å². The molecule has 1 saturated heterocycles. The number of hydrogen-bond acceptors (Lipinski definition) is 10. The second-order valence-electron chi connectivity index (χ2n) is 6.49. The van der Waals surface area contributed by atoms with E-state index < -0.39 is 56.0 Å². The molecule has 5 atom stereocenters. The molecule has 2 aliphatic heterocycles. The van der Waals surface area contributed by atoms with Crippen LogP contribution in [0.1, 0.15) is 23.7 Å². The van der Waals surface area contributed by atoms with Crippen molar-refractivity contribution < 1.29 is 42.8 Å². The molecule has 1 amide bonds. The van der Waals surface area contributed by atoms with Gasteiger partial charge < -0.3 is 41.2 Å². The number of nitrogens with two attached hydrogens (primary N) is 1. The first-order valence-corrected chi connectivity index (χ1v) is 8.80. The standard InChI is InChI=1S/C16H19F3N6O6/c1-30-12-8-6(3-2-4-21-14(29)16(17,18)19)24-25(11(8)22-15(20)23-12)13-10(28)9(27)7(5-26)31-13/h7,9-10,12-13,26-28H,4-5H2,1H3,(H,21,29)(H3,20,22,23)/t7-,9-,10-,12?,13-/m1/s1. The fourth-order valence-corrected chi connectivity index (χ4v) is 3.03. The minimum absolute atomic E-state index is 0.00963. The first kappa shape index (κ1) is 22.8. The molecule has 0 aromatic carbocycles. The van der Waals surface area contributed by atoms with E-state index in [0.29, 0.717) is 0 Å². The summed E-state index contributed by atoms with van der Waals surface area (Å²) in [5, 5.41) is 38.1. The van der Waals surface area contributed by atoms with Gasteiger partial charge in [-0.2, -0.15) is 18.3 Å². The Kier molecular flexibility index (Phi) is 6.38. The number of halogens is 3. The summed E-state index contributed by atoms with van der Waals surface area (Å²) in [6.07, 6.45) is -11.3. The molecule has 7 N–H and O–H groups in total. The van der Waals surface area contributed by atoms with Gasteiger partial charge in [0.05, 0.1) is 18.7 Å². The molecule has 170 valence electrons. The maximum Gasteiger partial charge on any atom is 0.471 e. The average molecular weight is 448 g/mol. The van der Waals surface area contributed by atoms with E-state index in [1.807, 2.05) is 0 Å². The second kappa shape index (κ2) is 8.69. The van der Waals surface area contributed by atoms with Gasteiger partial charge in [0.15, 0.2) is 18.4 Å². The number of ether oxygens (including phenoxy) is 2. The van der Waals surface area contributed by atoms with Crippen LogP contribution in [0.5, 0.6) is 0 Å². The van der Waals surface area contributed by atoms with E-state index in [9.17, 15) is 33.3 Å². The molecule has 0 spiro atoms. The maximum atomic E-state index is 12.3. The molecule has 3 heterocycles. The normalized spacial score (nSPS) is 27.6. The van der Waals surface area contributed by atoms with E-state index in [-0.39, 0.29) is 23.0 Å². The summed E-state index contributed by atoms with van der Waals surface area (Å²) in [5.74, 6) is 2.79. The lowest BCUT2D eigenvalue weighted by atomic mass is 10.1. The minimum Gasteiger partial charge on any atom is -0.394 e. The molecule has 3 rings (SSSR count). The van der Waals surface area contributed by atoms with Crippen LogP contribution in [0, 0.1) is 11.8 Å². The summed E-state index contributed by atoms with van der Waals surface area (Å²) < 4.78 is 48.6. The van der Waals surface area contributed by atoms with Crippen molar-refractivity contribution in [1.29, 1.82) is 0 Å². The molecule has 1 aromatic heterocycles. The third-order valence-corrected chi connectivity index (χ3v) is 4.48. The van der Waals surface area contributed by atoms with Gasteiger partial charge in [0.1, 0.15) is 29.8 Å². The Bertz CT molecular complexity index is 939. The number of carbonyl (C=O) groups is 1. The third kappa shape index (κ3) is 4.43. The lowest BCUT2D eigenvalue weighted by Crippen LogP contribution is -2.36. The molecule has 1 aromatic rings. The number of guanidine groups is 1. The number of nitrogens with one attached hydrogen (secondary N) is 2. The number of nitrogens with zero attached hydrogens (tertiary/aromatic N) is 3. The van der Waals surface area contributed by atoms with Gasteiger partial charge in [-0.1, -0.05) is 5.92 Å². The van der Waals surface area contributed by atoms with Crippen molar-refractivity contribution in [3.8, 4) is 11.8 Å². The van der Waals surface area contributed by atoms with Gasteiger partial charge in [-0.25, -0.2) is 9.67 Å². The average Bonchev–Trinajstić information content (AvgIpc) is 3.21.